The number of imidazole rings is 1. The van der Waals surface area contributed by atoms with E-state index in [0.29, 0.717) is 5.56 Å². The molecule has 0 aliphatic carbocycles. The Bertz CT molecular complexity index is 594. The SMILES string of the molecule is Cn1c(CC(C)(C)C)nc2c(C#N)cccc21. The van der Waals surface area contributed by atoms with Crippen molar-refractivity contribution in [3.63, 3.8) is 0 Å². The lowest BCUT2D eigenvalue weighted by molar-refractivity contribution is 0.396. The van der Waals surface area contributed by atoms with Crippen LogP contribution in [0.1, 0.15) is 32.2 Å². The summed E-state index contributed by atoms with van der Waals surface area (Å²) in [4.78, 5) is 4.61. The van der Waals surface area contributed by atoms with Crippen molar-refractivity contribution in [1.29, 1.82) is 5.26 Å². The standard InChI is InChI=1S/C14H17N3/c1-14(2,3)8-12-16-13-10(9-15)6-5-7-11(13)17(12)4/h5-7H,8H2,1-4H3. The van der Waals surface area contributed by atoms with Gasteiger partial charge in [0, 0.05) is 13.5 Å². The maximum Gasteiger partial charge on any atom is 0.110 e. The van der Waals surface area contributed by atoms with Gasteiger partial charge in [-0.25, -0.2) is 4.98 Å². The third-order valence-electron chi connectivity index (χ3n) is 2.81. The summed E-state index contributed by atoms with van der Waals surface area (Å²) in [6, 6.07) is 7.93. The molecule has 3 heteroatoms. The number of nitrogens with zero attached hydrogens (tertiary/aromatic N) is 3. The van der Waals surface area contributed by atoms with Crippen LogP contribution in [0.5, 0.6) is 0 Å². The van der Waals surface area contributed by atoms with Crippen LogP contribution in [-0.2, 0) is 13.5 Å². The Hall–Kier alpha value is -1.82. The Morgan fingerprint density at radius 2 is 2.06 bits per heavy atom. The fraction of sp³-hybridized carbons (Fsp3) is 0.429. The summed E-state index contributed by atoms with van der Waals surface area (Å²) in [5, 5.41) is 9.07. The fourth-order valence-electron chi connectivity index (χ4n) is 1.99. The van der Waals surface area contributed by atoms with E-state index in [1.54, 1.807) is 0 Å². The minimum atomic E-state index is 0.196. The Morgan fingerprint density at radius 3 is 2.65 bits per heavy atom. The number of hydrogen-bond donors (Lipinski definition) is 0. The van der Waals surface area contributed by atoms with Crippen molar-refractivity contribution in [3.8, 4) is 6.07 Å². The number of rotatable bonds is 1. The first-order valence-corrected chi connectivity index (χ1v) is 5.77. The molecule has 1 aromatic heterocycles. The number of benzene rings is 1. The molecule has 0 bridgehead atoms. The summed E-state index contributed by atoms with van der Waals surface area (Å²) in [7, 11) is 2.01. The van der Waals surface area contributed by atoms with Crippen molar-refractivity contribution >= 4 is 11.0 Å². The summed E-state index contributed by atoms with van der Waals surface area (Å²) < 4.78 is 2.08. The second-order valence-electron chi connectivity index (χ2n) is 5.61. The van der Waals surface area contributed by atoms with Crippen LogP contribution >= 0.6 is 0 Å². The van der Waals surface area contributed by atoms with Crippen LogP contribution in [0, 0.1) is 16.7 Å². The van der Waals surface area contributed by atoms with Gasteiger partial charge in [-0.3, -0.25) is 0 Å². The van der Waals surface area contributed by atoms with E-state index in [-0.39, 0.29) is 5.41 Å². The molecule has 0 saturated carbocycles. The first-order valence-electron chi connectivity index (χ1n) is 5.77. The van der Waals surface area contributed by atoms with Gasteiger partial charge in [0.25, 0.3) is 0 Å². The van der Waals surface area contributed by atoms with Crippen molar-refractivity contribution in [2.24, 2.45) is 12.5 Å². The van der Waals surface area contributed by atoms with E-state index >= 15 is 0 Å². The molecule has 1 heterocycles. The molecule has 3 nitrogen and oxygen atoms in total. The maximum absolute atomic E-state index is 9.07. The average molecular weight is 227 g/mol. The summed E-state index contributed by atoms with van der Waals surface area (Å²) in [5.41, 5.74) is 2.69. The molecule has 2 aromatic rings. The number of aromatic nitrogens is 2. The van der Waals surface area contributed by atoms with Crippen LogP contribution in [0.4, 0.5) is 0 Å². The number of aryl methyl sites for hydroxylation is 1. The zero-order chi connectivity index (χ0) is 12.6. The molecule has 0 radical (unpaired) electrons. The van der Waals surface area contributed by atoms with Gasteiger partial charge in [-0.15, -0.1) is 0 Å². The van der Waals surface area contributed by atoms with Crippen molar-refractivity contribution in [3.05, 3.63) is 29.6 Å². The molecule has 0 N–H and O–H groups in total. The van der Waals surface area contributed by atoms with Gasteiger partial charge in [0.05, 0.1) is 11.1 Å². The molecule has 1 aromatic carbocycles. The van der Waals surface area contributed by atoms with Gasteiger partial charge in [0.15, 0.2) is 0 Å². The predicted molar refractivity (Wildman–Crippen MR) is 68.6 cm³/mol. The first-order chi connectivity index (χ1) is 7.92. The summed E-state index contributed by atoms with van der Waals surface area (Å²) in [5.74, 6) is 1.04. The number of para-hydroxylation sites is 1. The predicted octanol–water partition coefficient (Wildman–Crippen LogP) is 3.03. The van der Waals surface area contributed by atoms with E-state index in [1.807, 2.05) is 25.2 Å². The topological polar surface area (TPSA) is 41.6 Å². The number of hydrogen-bond acceptors (Lipinski definition) is 2. The van der Waals surface area contributed by atoms with Gasteiger partial charge < -0.3 is 4.57 Å². The Kier molecular flexibility index (Phi) is 2.66. The molecular weight excluding hydrogens is 210 g/mol. The van der Waals surface area contributed by atoms with Gasteiger partial charge in [0.2, 0.25) is 0 Å². The van der Waals surface area contributed by atoms with Crippen LogP contribution < -0.4 is 0 Å². The maximum atomic E-state index is 9.07. The van der Waals surface area contributed by atoms with Crippen molar-refractivity contribution in [2.75, 3.05) is 0 Å². The highest BCUT2D eigenvalue weighted by Gasteiger charge is 2.17. The molecule has 0 amide bonds. The van der Waals surface area contributed by atoms with Gasteiger partial charge >= 0.3 is 0 Å². The lowest BCUT2D eigenvalue weighted by atomic mass is 9.92. The second kappa shape index (κ2) is 3.89. The first kappa shape index (κ1) is 11.7. The highest BCUT2D eigenvalue weighted by Crippen LogP contribution is 2.24. The van der Waals surface area contributed by atoms with Gasteiger partial charge in [0.1, 0.15) is 17.4 Å². The van der Waals surface area contributed by atoms with Crippen LogP contribution in [0.15, 0.2) is 18.2 Å². The third-order valence-corrected chi connectivity index (χ3v) is 2.81. The molecule has 0 unspecified atom stereocenters. The molecular formula is C14H17N3. The molecule has 88 valence electrons. The van der Waals surface area contributed by atoms with E-state index in [4.69, 9.17) is 5.26 Å². The monoisotopic (exact) mass is 227 g/mol. The van der Waals surface area contributed by atoms with Crippen molar-refractivity contribution in [2.45, 2.75) is 27.2 Å². The van der Waals surface area contributed by atoms with E-state index in [1.165, 1.54) is 0 Å². The van der Waals surface area contributed by atoms with Gasteiger partial charge in [-0.05, 0) is 17.5 Å². The molecule has 0 fully saturated rings. The van der Waals surface area contributed by atoms with Crippen molar-refractivity contribution in [1.82, 2.24) is 9.55 Å². The molecule has 0 atom stereocenters. The quantitative estimate of drug-likeness (QED) is 0.751. The molecule has 0 aliphatic rings. The van der Waals surface area contributed by atoms with Crippen LogP contribution in [0.2, 0.25) is 0 Å². The summed E-state index contributed by atoms with van der Waals surface area (Å²) in [6.07, 6.45) is 0.906. The summed E-state index contributed by atoms with van der Waals surface area (Å²) >= 11 is 0. The van der Waals surface area contributed by atoms with E-state index in [2.05, 4.69) is 36.4 Å². The zero-order valence-electron chi connectivity index (χ0n) is 10.8. The van der Waals surface area contributed by atoms with Crippen LogP contribution in [-0.4, -0.2) is 9.55 Å². The normalized spacial score (nSPS) is 11.7. The highest BCUT2D eigenvalue weighted by molar-refractivity contribution is 5.82. The number of fused-ring (bicyclic) bond motifs is 1. The lowest BCUT2D eigenvalue weighted by Gasteiger charge is -2.17. The fourth-order valence-corrected chi connectivity index (χ4v) is 1.99. The van der Waals surface area contributed by atoms with Gasteiger partial charge in [-0.1, -0.05) is 26.8 Å². The average Bonchev–Trinajstić information content (AvgIpc) is 2.54. The Morgan fingerprint density at radius 1 is 1.35 bits per heavy atom. The molecule has 17 heavy (non-hydrogen) atoms. The minimum absolute atomic E-state index is 0.196. The van der Waals surface area contributed by atoms with E-state index < -0.39 is 0 Å². The number of nitriles is 1. The lowest BCUT2D eigenvalue weighted by Crippen LogP contribution is -2.12. The second-order valence-corrected chi connectivity index (χ2v) is 5.61. The minimum Gasteiger partial charge on any atom is -0.331 e. The molecule has 0 aliphatic heterocycles. The smallest absolute Gasteiger partial charge is 0.110 e. The summed E-state index contributed by atoms with van der Waals surface area (Å²) in [6.45, 7) is 6.58. The van der Waals surface area contributed by atoms with E-state index in [0.717, 1.165) is 23.3 Å². The molecule has 0 saturated heterocycles. The Labute approximate surface area is 102 Å². The zero-order valence-corrected chi connectivity index (χ0v) is 10.8. The molecule has 2 rings (SSSR count). The van der Waals surface area contributed by atoms with Gasteiger partial charge in [-0.2, -0.15) is 5.26 Å². The van der Waals surface area contributed by atoms with Crippen molar-refractivity contribution < 1.29 is 0 Å². The highest BCUT2D eigenvalue weighted by atomic mass is 15.1. The largest absolute Gasteiger partial charge is 0.331 e. The third kappa shape index (κ3) is 2.16. The van der Waals surface area contributed by atoms with E-state index in [9.17, 15) is 0 Å². The molecule has 0 spiro atoms. The Balaban J connectivity index is 2.61. The van der Waals surface area contributed by atoms with Crippen LogP contribution in [0.25, 0.3) is 11.0 Å². The van der Waals surface area contributed by atoms with Crippen LogP contribution in [0.3, 0.4) is 0 Å².